The summed E-state index contributed by atoms with van der Waals surface area (Å²) in [6.07, 6.45) is 4.84. The molecule has 0 aliphatic carbocycles. The van der Waals surface area contributed by atoms with Crippen LogP contribution in [0.1, 0.15) is 23.6 Å². The molecule has 0 atom stereocenters. The fourth-order valence-corrected chi connectivity index (χ4v) is 1.91. The van der Waals surface area contributed by atoms with Crippen LogP contribution in [0.3, 0.4) is 0 Å². The van der Waals surface area contributed by atoms with Gasteiger partial charge in [0.25, 0.3) is 0 Å². The van der Waals surface area contributed by atoms with Crippen LogP contribution in [0.4, 0.5) is 5.69 Å². The molecule has 0 bridgehead atoms. The molecule has 17 heavy (non-hydrogen) atoms. The number of anilines is 1. The molecule has 1 heterocycles. The number of aryl methyl sites for hydroxylation is 2. The van der Waals surface area contributed by atoms with Gasteiger partial charge >= 0.3 is 0 Å². The highest BCUT2D eigenvalue weighted by molar-refractivity contribution is 5.51. The number of pyridine rings is 1. The largest absolute Gasteiger partial charge is 0.381 e. The van der Waals surface area contributed by atoms with Crippen LogP contribution >= 0.6 is 0 Å². The highest BCUT2D eigenvalue weighted by Crippen LogP contribution is 2.16. The number of hydrogen-bond acceptors (Lipinski definition) is 2. The zero-order valence-corrected chi connectivity index (χ0v) is 10.4. The Bertz CT molecular complexity index is 492. The van der Waals surface area contributed by atoms with E-state index in [2.05, 4.69) is 54.5 Å². The Labute approximate surface area is 103 Å². The molecule has 2 nitrogen and oxygen atoms in total. The quantitative estimate of drug-likeness (QED) is 0.862. The Kier molecular flexibility index (Phi) is 3.76. The minimum absolute atomic E-state index is 0.825. The molecule has 0 aliphatic rings. The molecule has 0 spiro atoms. The average molecular weight is 226 g/mol. The van der Waals surface area contributed by atoms with Crippen molar-refractivity contribution in [3.63, 3.8) is 0 Å². The zero-order valence-electron chi connectivity index (χ0n) is 10.4. The van der Waals surface area contributed by atoms with E-state index in [1.54, 1.807) is 0 Å². The molecule has 2 rings (SSSR count). The van der Waals surface area contributed by atoms with Crippen molar-refractivity contribution in [3.8, 4) is 0 Å². The molecule has 1 aromatic heterocycles. The molecular weight excluding hydrogens is 208 g/mol. The topological polar surface area (TPSA) is 24.9 Å². The van der Waals surface area contributed by atoms with Gasteiger partial charge in [0.1, 0.15) is 0 Å². The van der Waals surface area contributed by atoms with Gasteiger partial charge in [-0.2, -0.15) is 0 Å². The molecule has 0 radical (unpaired) electrons. The lowest BCUT2D eigenvalue weighted by atomic mass is 10.1. The molecule has 1 N–H and O–H groups in total. The van der Waals surface area contributed by atoms with Crippen LogP contribution in [0.5, 0.6) is 0 Å². The highest BCUT2D eigenvalue weighted by atomic mass is 14.9. The summed E-state index contributed by atoms with van der Waals surface area (Å²) in [6, 6.07) is 10.6. The van der Waals surface area contributed by atoms with E-state index >= 15 is 0 Å². The molecule has 0 amide bonds. The van der Waals surface area contributed by atoms with E-state index in [-0.39, 0.29) is 0 Å². The molecule has 0 fully saturated rings. The van der Waals surface area contributed by atoms with Gasteiger partial charge in [0.2, 0.25) is 0 Å². The van der Waals surface area contributed by atoms with E-state index in [4.69, 9.17) is 0 Å². The lowest BCUT2D eigenvalue weighted by Crippen LogP contribution is -2.02. The van der Waals surface area contributed by atoms with Crippen LogP contribution in [-0.4, -0.2) is 4.98 Å². The van der Waals surface area contributed by atoms with Crippen molar-refractivity contribution in [3.05, 3.63) is 59.4 Å². The molecule has 88 valence electrons. The van der Waals surface area contributed by atoms with Crippen LogP contribution in [0.2, 0.25) is 0 Å². The average Bonchev–Trinajstić information content (AvgIpc) is 2.37. The first-order chi connectivity index (χ1) is 8.29. The molecular formula is C15H18N2. The van der Waals surface area contributed by atoms with Crippen molar-refractivity contribution in [1.82, 2.24) is 4.98 Å². The first-order valence-corrected chi connectivity index (χ1v) is 6.02. The summed E-state index contributed by atoms with van der Waals surface area (Å²) >= 11 is 0. The van der Waals surface area contributed by atoms with E-state index in [0.717, 1.165) is 13.0 Å². The maximum absolute atomic E-state index is 4.20. The number of para-hydroxylation sites is 1. The lowest BCUT2D eigenvalue weighted by Gasteiger charge is -2.10. The SMILES string of the molecule is CCc1ccccc1NCc1cncc(C)c1. The lowest BCUT2D eigenvalue weighted by molar-refractivity contribution is 1.07. The molecule has 2 aromatic rings. The molecule has 2 heteroatoms. The fraction of sp³-hybridized carbons (Fsp3) is 0.267. The van der Waals surface area contributed by atoms with Crippen LogP contribution < -0.4 is 5.32 Å². The highest BCUT2D eigenvalue weighted by Gasteiger charge is 1.99. The minimum Gasteiger partial charge on any atom is -0.381 e. The van der Waals surface area contributed by atoms with Crippen molar-refractivity contribution < 1.29 is 0 Å². The Morgan fingerprint density at radius 2 is 2.00 bits per heavy atom. The molecule has 1 aromatic carbocycles. The molecule has 0 saturated carbocycles. The van der Waals surface area contributed by atoms with Gasteiger partial charge in [-0.1, -0.05) is 31.2 Å². The third-order valence-electron chi connectivity index (χ3n) is 2.81. The van der Waals surface area contributed by atoms with E-state index in [1.165, 1.54) is 22.4 Å². The zero-order chi connectivity index (χ0) is 12.1. The van der Waals surface area contributed by atoms with Crippen molar-refractivity contribution in [2.75, 3.05) is 5.32 Å². The summed E-state index contributed by atoms with van der Waals surface area (Å²) in [5.74, 6) is 0. The normalized spacial score (nSPS) is 10.2. The number of nitrogens with one attached hydrogen (secondary N) is 1. The first-order valence-electron chi connectivity index (χ1n) is 6.02. The maximum Gasteiger partial charge on any atom is 0.0416 e. The van der Waals surface area contributed by atoms with Gasteiger partial charge in [0, 0.05) is 24.6 Å². The molecule has 0 unspecified atom stereocenters. The van der Waals surface area contributed by atoms with Gasteiger partial charge < -0.3 is 5.32 Å². The Balaban J connectivity index is 2.07. The summed E-state index contributed by atoms with van der Waals surface area (Å²) in [6.45, 7) is 5.07. The van der Waals surface area contributed by atoms with E-state index < -0.39 is 0 Å². The minimum atomic E-state index is 0.825. The Morgan fingerprint density at radius 1 is 1.18 bits per heavy atom. The summed E-state index contributed by atoms with van der Waals surface area (Å²) in [5.41, 5.74) is 4.99. The standard InChI is InChI=1S/C15H18N2/c1-3-14-6-4-5-7-15(14)17-11-13-8-12(2)9-16-10-13/h4-10,17H,3,11H2,1-2H3. The third-order valence-corrected chi connectivity index (χ3v) is 2.81. The van der Waals surface area contributed by atoms with Crippen LogP contribution in [0.15, 0.2) is 42.7 Å². The van der Waals surface area contributed by atoms with E-state index in [1.807, 2.05) is 12.4 Å². The number of hydrogen-bond donors (Lipinski definition) is 1. The fourth-order valence-electron chi connectivity index (χ4n) is 1.91. The van der Waals surface area contributed by atoms with Gasteiger partial charge in [-0.15, -0.1) is 0 Å². The van der Waals surface area contributed by atoms with Crippen LogP contribution in [0, 0.1) is 6.92 Å². The predicted octanol–water partition coefficient (Wildman–Crippen LogP) is 3.56. The number of aromatic nitrogens is 1. The van der Waals surface area contributed by atoms with Crippen LogP contribution in [0.25, 0.3) is 0 Å². The maximum atomic E-state index is 4.20. The van der Waals surface area contributed by atoms with Gasteiger partial charge in [-0.3, -0.25) is 4.98 Å². The van der Waals surface area contributed by atoms with Gasteiger partial charge in [0.15, 0.2) is 0 Å². The second-order valence-corrected chi connectivity index (χ2v) is 4.23. The molecule has 0 saturated heterocycles. The number of benzene rings is 1. The van der Waals surface area contributed by atoms with Crippen LogP contribution in [-0.2, 0) is 13.0 Å². The van der Waals surface area contributed by atoms with E-state index in [9.17, 15) is 0 Å². The monoisotopic (exact) mass is 226 g/mol. The molecule has 0 aliphatic heterocycles. The second kappa shape index (κ2) is 5.48. The number of rotatable bonds is 4. The second-order valence-electron chi connectivity index (χ2n) is 4.23. The first kappa shape index (κ1) is 11.6. The van der Waals surface area contributed by atoms with Gasteiger partial charge in [-0.25, -0.2) is 0 Å². The predicted molar refractivity (Wildman–Crippen MR) is 72.1 cm³/mol. The Morgan fingerprint density at radius 3 is 2.76 bits per heavy atom. The summed E-state index contributed by atoms with van der Waals surface area (Å²) in [7, 11) is 0. The van der Waals surface area contributed by atoms with Crippen molar-refractivity contribution in [2.45, 2.75) is 26.8 Å². The van der Waals surface area contributed by atoms with E-state index in [0.29, 0.717) is 0 Å². The van der Waals surface area contributed by atoms with Crippen molar-refractivity contribution >= 4 is 5.69 Å². The Hall–Kier alpha value is -1.83. The number of nitrogens with zero attached hydrogens (tertiary/aromatic N) is 1. The smallest absolute Gasteiger partial charge is 0.0416 e. The van der Waals surface area contributed by atoms with Crippen molar-refractivity contribution in [1.29, 1.82) is 0 Å². The van der Waals surface area contributed by atoms with Crippen molar-refractivity contribution in [2.24, 2.45) is 0 Å². The third kappa shape index (κ3) is 3.06. The van der Waals surface area contributed by atoms with Gasteiger partial charge in [0.05, 0.1) is 0 Å². The summed E-state index contributed by atoms with van der Waals surface area (Å²) in [5, 5.41) is 3.47. The summed E-state index contributed by atoms with van der Waals surface area (Å²) < 4.78 is 0. The summed E-state index contributed by atoms with van der Waals surface area (Å²) in [4.78, 5) is 4.20. The van der Waals surface area contributed by atoms with Gasteiger partial charge in [-0.05, 0) is 36.1 Å².